The number of carbonyl (C=O) groups excluding carboxylic acids is 1. The molecular weight excluding hydrogens is 310 g/mol. The van der Waals surface area contributed by atoms with Crippen molar-refractivity contribution in [1.29, 1.82) is 0 Å². The zero-order valence-electron chi connectivity index (χ0n) is 13.7. The Hall–Kier alpha value is -2.89. The quantitative estimate of drug-likeness (QED) is 0.934. The number of amides is 1. The van der Waals surface area contributed by atoms with Gasteiger partial charge < -0.3 is 24.3 Å². The number of fused-ring (bicyclic) bond motifs is 1. The van der Waals surface area contributed by atoms with Crippen LogP contribution in [0.25, 0.3) is 0 Å². The van der Waals surface area contributed by atoms with E-state index in [-0.39, 0.29) is 5.91 Å². The average molecular weight is 329 g/mol. The molecule has 0 radical (unpaired) electrons. The number of carbonyl (C=O) groups is 1. The van der Waals surface area contributed by atoms with E-state index in [9.17, 15) is 4.79 Å². The van der Waals surface area contributed by atoms with Crippen molar-refractivity contribution in [2.24, 2.45) is 0 Å². The van der Waals surface area contributed by atoms with Gasteiger partial charge in [0.15, 0.2) is 11.5 Å². The molecule has 2 aromatic carbocycles. The molecule has 24 heavy (non-hydrogen) atoms. The van der Waals surface area contributed by atoms with Gasteiger partial charge in [0.2, 0.25) is 6.10 Å². The fourth-order valence-electron chi connectivity index (χ4n) is 2.50. The number of nitrogens with one attached hydrogen (secondary N) is 1. The highest BCUT2D eigenvalue weighted by Crippen LogP contribution is 2.34. The van der Waals surface area contributed by atoms with Crippen LogP contribution in [0.3, 0.4) is 0 Å². The summed E-state index contributed by atoms with van der Waals surface area (Å²) in [4.78, 5) is 12.6. The first kappa shape index (κ1) is 16.0. The van der Waals surface area contributed by atoms with Crippen LogP contribution < -0.4 is 24.3 Å². The van der Waals surface area contributed by atoms with E-state index in [2.05, 4.69) is 5.32 Å². The van der Waals surface area contributed by atoms with Gasteiger partial charge in [0.05, 0.1) is 14.2 Å². The molecule has 0 saturated heterocycles. The molecule has 3 rings (SSSR count). The van der Waals surface area contributed by atoms with Crippen LogP contribution in [0, 0.1) is 0 Å². The van der Waals surface area contributed by atoms with Crippen LogP contribution in [-0.2, 0) is 4.79 Å². The van der Waals surface area contributed by atoms with Crippen molar-refractivity contribution in [1.82, 2.24) is 0 Å². The second kappa shape index (κ2) is 6.70. The molecule has 0 aliphatic carbocycles. The molecule has 0 saturated carbocycles. The minimum Gasteiger partial charge on any atom is -0.497 e. The van der Waals surface area contributed by atoms with Gasteiger partial charge in [-0.05, 0) is 19.1 Å². The minimum absolute atomic E-state index is 0.299. The van der Waals surface area contributed by atoms with Gasteiger partial charge in [-0.25, -0.2) is 0 Å². The van der Waals surface area contributed by atoms with Crippen LogP contribution in [0.1, 0.15) is 6.92 Å². The topological polar surface area (TPSA) is 66.0 Å². The summed E-state index contributed by atoms with van der Waals surface area (Å²) in [6, 6.07) is 12.4. The van der Waals surface area contributed by atoms with Crippen LogP contribution in [-0.4, -0.2) is 32.3 Å². The molecule has 0 bridgehead atoms. The lowest BCUT2D eigenvalue weighted by Gasteiger charge is -2.31. The lowest BCUT2D eigenvalue weighted by molar-refractivity contribution is -0.128. The molecule has 2 aromatic rings. The molecule has 2 unspecified atom stereocenters. The number of rotatable bonds is 4. The Kier molecular flexibility index (Phi) is 4.46. The Morgan fingerprint density at radius 1 is 1.00 bits per heavy atom. The van der Waals surface area contributed by atoms with Crippen molar-refractivity contribution in [3.05, 3.63) is 42.5 Å². The first-order chi connectivity index (χ1) is 11.6. The Morgan fingerprint density at radius 3 is 2.17 bits per heavy atom. The molecule has 6 heteroatoms. The summed E-state index contributed by atoms with van der Waals surface area (Å²) < 4.78 is 22.0. The number of benzene rings is 2. The summed E-state index contributed by atoms with van der Waals surface area (Å²) in [7, 11) is 3.11. The monoisotopic (exact) mass is 329 g/mol. The van der Waals surface area contributed by atoms with Gasteiger partial charge in [0.1, 0.15) is 17.6 Å². The van der Waals surface area contributed by atoms with E-state index in [1.165, 1.54) is 0 Å². The van der Waals surface area contributed by atoms with Crippen LogP contribution in [0.5, 0.6) is 23.0 Å². The van der Waals surface area contributed by atoms with Crippen molar-refractivity contribution in [3.63, 3.8) is 0 Å². The van der Waals surface area contributed by atoms with Gasteiger partial charge in [-0.2, -0.15) is 0 Å². The van der Waals surface area contributed by atoms with Gasteiger partial charge in [-0.1, -0.05) is 12.1 Å². The van der Waals surface area contributed by atoms with Crippen LogP contribution in [0.2, 0.25) is 0 Å². The standard InChI is InChI=1S/C18H19NO5/c1-11-17(24-16-7-5-4-6-15(16)23-11)18(20)19-12-8-13(21-2)10-14(9-12)22-3/h4-11,17H,1-3H3,(H,19,20). The van der Waals surface area contributed by atoms with Crippen molar-refractivity contribution in [3.8, 4) is 23.0 Å². The van der Waals surface area contributed by atoms with Gasteiger partial charge in [-0.15, -0.1) is 0 Å². The van der Waals surface area contributed by atoms with E-state index < -0.39 is 12.2 Å². The summed E-state index contributed by atoms with van der Waals surface area (Å²) in [5.74, 6) is 2.07. The van der Waals surface area contributed by atoms with E-state index in [1.807, 2.05) is 18.2 Å². The summed E-state index contributed by atoms with van der Waals surface area (Å²) >= 11 is 0. The smallest absolute Gasteiger partial charge is 0.269 e. The third-order valence-electron chi connectivity index (χ3n) is 3.72. The highest BCUT2D eigenvalue weighted by Gasteiger charge is 2.34. The third kappa shape index (κ3) is 3.22. The van der Waals surface area contributed by atoms with E-state index in [0.29, 0.717) is 28.7 Å². The molecule has 2 atom stereocenters. The SMILES string of the molecule is COc1cc(NC(=O)C2Oc3ccccc3OC2C)cc(OC)c1. The fraction of sp³-hybridized carbons (Fsp3) is 0.278. The number of methoxy groups -OCH3 is 2. The molecule has 0 spiro atoms. The molecular formula is C18H19NO5. The summed E-state index contributed by atoms with van der Waals surface area (Å²) in [6.45, 7) is 1.80. The molecule has 0 fully saturated rings. The Balaban J connectivity index is 1.78. The highest BCUT2D eigenvalue weighted by molar-refractivity contribution is 5.95. The van der Waals surface area contributed by atoms with E-state index in [1.54, 1.807) is 45.4 Å². The van der Waals surface area contributed by atoms with Crippen molar-refractivity contribution in [2.45, 2.75) is 19.1 Å². The molecule has 6 nitrogen and oxygen atoms in total. The molecule has 126 valence electrons. The largest absolute Gasteiger partial charge is 0.497 e. The van der Waals surface area contributed by atoms with E-state index in [0.717, 1.165) is 0 Å². The second-order valence-corrected chi connectivity index (χ2v) is 5.40. The van der Waals surface area contributed by atoms with Gasteiger partial charge in [0, 0.05) is 23.9 Å². The van der Waals surface area contributed by atoms with Crippen molar-refractivity contribution >= 4 is 11.6 Å². The number of hydrogen-bond donors (Lipinski definition) is 1. The molecule has 1 heterocycles. The molecule has 1 N–H and O–H groups in total. The van der Waals surface area contributed by atoms with Crippen LogP contribution in [0.4, 0.5) is 5.69 Å². The number of ether oxygens (including phenoxy) is 4. The maximum absolute atomic E-state index is 12.6. The predicted molar refractivity (Wildman–Crippen MR) is 89.1 cm³/mol. The van der Waals surface area contributed by atoms with Crippen molar-refractivity contribution in [2.75, 3.05) is 19.5 Å². The van der Waals surface area contributed by atoms with E-state index >= 15 is 0 Å². The normalized spacial score (nSPS) is 18.6. The molecule has 1 aliphatic rings. The maximum atomic E-state index is 12.6. The fourth-order valence-corrected chi connectivity index (χ4v) is 2.50. The third-order valence-corrected chi connectivity index (χ3v) is 3.72. The Labute approximate surface area is 140 Å². The molecule has 1 amide bonds. The van der Waals surface area contributed by atoms with Gasteiger partial charge in [-0.3, -0.25) is 4.79 Å². The second-order valence-electron chi connectivity index (χ2n) is 5.40. The van der Waals surface area contributed by atoms with E-state index in [4.69, 9.17) is 18.9 Å². The van der Waals surface area contributed by atoms with Crippen LogP contribution in [0.15, 0.2) is 42.5 Å². The van der Waals surface area contributed by atoms with Gasteiger partial charge in [0.25, 0.3) is 5.91 Å². The van der Waals surface area contributed by atoms with Crippen molar-refractivity contribution < 1.29 is 23.7 Å². The first-order valence-electron chi connectivity index (χ1n) is 7.57. The molecule has 0 aromatic heterocycles. The lowest BCUT2D eigenvalue weighted by Crippen LogP contribution is -2.46. The summed E-state index contributed by atoms with van der Waals surface area (Å²) in [5.41, 5.74) is 0.561. The lowest BCUT2D eigenvalue weighted by atomic mass is 10.1. The predicted octanol–water partition coefficient (Wildman–Crippen LogP) is 2.87. The Bertz CT molecular complexity index is 724. The highest BCUT2D eigenvalue weighted by atomic mass is 16.6. The summed E-state index contributed by atoms with van der Waals surface area (Å²) in [5, 5.41) is 2.82. The zero-order valence-corrected chi connectivity index (χ0v) is 13.7. The summed E-state index contributed by atoms with van der Waals surface area (Å²) in [6.07, 6.45) is -1.16. The first-order valence-corrected chi connectivity index (χ1v) is 7.57. The molecule has 1 aliphatic heterocycles. The number of anilines is 1. The zero-order chi connectivity index (χ0) is 17.1. The number of hydrogen-bond acceptors (Lipinski definition) is 5. The number of para-hydroxylation sites is 2. The maximum Gasteiger partial charge on any atom is 0.269 e. The average Bonchev–Trinajstić information content (AvgIpc) is 2.60. The minimum atomic E-state index is -0.753. The van der Waals surface area contributed by atoms with Gasteiger partial charge >= 0.3 is 0 Å². The van der Waals surface area contributed by atoms with Crippen LogP contribution >= 0.6 is 0 Å². The Morgan fingerprint density at radius 2 is 1.58 bits per heavy atom.